The average Bonchev–Trinajstić information content (AvgIpc) is 2.20. The highest BCUT2D eigenvalue weighted by Gasteiger charge is 2.08. The van der Waals surface area contributed by atoms with Gasteiger partial charge < -0.3 is 14.8 Å². The second kappa shape index (κ2) is 8.38. The zero-order valence-corrected chi connectivity index (χ0v) is 9.54. The van der Waals surface area contributed by atoms with E-state index in [0.29, 0.717) is 13.2 Å². The normalized spacial score (nSPS) is 10.4. The predicted octanol–water partition coefficient (Wildman–Crippen LogP) is -0.00930. The molecule has 0 aromatic rings. The monoisotopic (exact) mass is 217 g/mol. The van der Waals surface area contributed by atoms with Crippen LogP contribution in [0.3, 0.4) is 0 Å². The summed E-state index contributed by atoms with van der Waals surface area (Å²) in [5.74, 6) is -0.319. The van der Waals surface area contributed by atoms with E-state index in [-0.39, 0.29) is 30.8 Å². The van der Waals surface area contributed by atoms with E-state index in [4.69, 9.17) is 9.47 Å². The molecule has 1 N–H and O–H groups in total. The van der Waals surface area contributed by atoms with Gasteiger partial charge in [0.2, 0.25) is 5.91 Å². The molecule has 0 aromatic heterocycles. The molecular formula is C10H19NO4. The molecule has 0 aliphatic heterocycles. The molecule has 1 amide bonds. The SMILES string of the molecule is COCCOCC(=O)NCC(=O)C(C)C. The molecule has 88 valence electrons. The first-order valence-corrected chi connectivity index (χ1v) is 4.94. The molecule has 0 atom stereocenters. The summed E-state index contributed by atoms with van der Waals surface area (Å²) in [6.07, 6.45) is 0. The minimum Gasteiger partial charge on any atom is -0.382 e. The van der Waals surface area contributed by atoms with Crippen LogP contribution in [0.1, 0.15) is 13.8 Å². The zero-order valence-electron chi connectivity index (χ0n) is 9.54. The maximum absolute atomic E-state index is 11.1. The van der Waals surface area contributed by atoms with Gasteiger partial charge in [-0.2, -0.15) is 0 Å². The first-order valence-electron chi connectivity index (χ1n) is 4.94. The van der Waals surface area contributed by atoms with E-state index in [0.717, 1.165) is 0 Å². The van der Waals surface area contributed by atoms with Crippen molar-refractivity contribution in [3.8, 4) is 0 Å². The lowest BCUT2D eigenvalue weighted by atomic mass is 10.1. The fraction of sp³-hybridized carbons (Fsp3) is 0.800. The van der Waals surface area contributed by atoms with Crippen LogP contribution in [0.5, 0.6) is 0 Å². The molecule has 5 heteroatoms. The third kappa shape index (κ3) is 8.08. The number of carbonyl (C=O) groups excluding carboxylic acids is 2. The van der Waals surface area contributed by atoms with Crippen molar-refractivity contribution in [1.29, 1.82) is 0 Å². The highest BCUT2D eigenvalue weighted by molar-refractivity contribution is 5.87. The minimum atomic E-state index is -0.278. The minimum absolute atomic E-state index is 0.0141. The van der Waals surface area contributed by atoms with Crippen molar-refractivity contribution >= 4 is 11.7 Å². The standard InChI is InChI=1S/C10H19NO4/c1-8(2)9(12)6-11-10(13)7-15-5-4-14-3/h8H,4-7H2,1-3H3,(H,11,13). The lowest BCUT2D eigenvalue weighted by Gasteiger charge is -2.06. The molecule has 5 nitrogen and oxygen atoms in total. The molecule has 15 heavy (non-hydrogen) atoms. The van der Waals surface area contributed by atoms with Gasteiger partial charge in [-0.25, -0.2) is 0 Å². The Morgan fingerprint density at radius 1 is 1.27 bits per heavy atom. The highest BCUT2D eigenvalue weighted by atomic mass is 16.5. The van der Waals surface area contributed by atoms with Gasteiger partial charge in [-0.05, 0) is 0 Å². The summed E-state index contributed by atoms with van der Waals surface area (Å²) < 4.78 is 9.72. The Hall–Kier alpha value is -0.940. The molecule has 0 fully saturated rings. The second-order valence-corrected chi connectivity index (χ2v) is 3.44. The summed E-state index contributed by atoms with van der Waals surface area (Å²) in [5, 5.41) is 2.49. The van der Waals surface area contributed by atoms with Crippen molar-refractivity contribution < 1.29 is 19.1 Å². The van der Waals surface area contributed by atoms with Crippen LogP contribution in [0.2, 0.25) is 0 Å². The van der Waals surface area contributed by atoms with E-state index in [9.17, 15) is 9.59 Å². The van der Waals surface area contributed by atoms with Crippen LogP contribution in [0.15, 0.2) is 0 Å². The molecule has 0 aromatic carbocycles. The third-order valence-electron chi connectivity index (χ3n) is 1.77. The van der Waals surface area contributed by atoms with Gasteiger partial charge in [0.15, 0.2) is 5.78 Å². The maximum atomic E-state index is 11.1. The second-order valence-electron chi connectivity index (χ2n) is 3.44. The van der Waals surface area contributed by atoms with Gasteiger partial charge in [0, 0.05) is 13.0 Å². The number of rotatable bonds is 8. The zero-order chi connectivity index (χ0) is 11.7. The fourth-order valence-corrected chi connectivity index (χ4v) is 0.748. The van der Waals surface area contributed by atoms with Crippen LogP contribution in [0.25, 0.3) is 0 Å². The molecule has 0 aliphatic rings. The Morgan fingerprint density at radius 2 is 1.93 bits per heavy atom. The molecule has 0 heterocycles. The van der Waals surface area contributed by atoms with Gasteiger partial charge in [-0.15, -0.1) is 0 Å². The van der Waals surface area contributed by atoms with Gasteiger partial charge >= 0.3 is 0 Å². The number of hydrogen-bond acceptors (Lipinski definition) is 4. The molecule has 0 radical (unpaired) electrons. The molecule has 0 saturated carbocycles. The topological polar surface area (TPSA) is 64.6 Å². The lowest BCUT2D eigenvalue weighted by molar-refractivity contribution is -0.129. The van der Waals surface area contributed by atoms with Gasteiger partial charge in [0.05, 0.1) is 19.8 Å². The van der Waals surface area contributed by atoms with Crippen LogP contribution in [0.4, 0.5) is 0 Å². The molecular weight excluding hydrogens is 198 g/mol. The number of hydrogen-bond donors (Lipinski definition) is 1. The summed E-state index contributed by atoms with van der Waals surface area (Å²) >= 11 is 0. The van der Waals surface area contributed by atoms with Gasteiger partial charge in [0.25, 0.3) is 0 Å². The van der Waals surface area contributed by atoms with Crippen LogP contribution < -0.4 is 5.32 Å². The molecule has 0 aliphatic carbocycles. The number of amides is 1. The highest BCUT2D eigenvalue weighted by Crippen LogP contribution is 1.91. The van der Waals surface area contributed by atoms with E-state index in [2.05, 4.69) is 5.32 Å². The molecule has 0 bridgehead atoms. The average molecular weight is 217 g/mol. The lowest BCUT2D eigenvalue weighted by Crippen LogP contribution is -2.34. The summed E-state index contributed by atoms with van der Waals surface area (Å²) in [7, 11) is 1.56. The van der Waals surface area contributed by atoms with Crippen molar-refractivity contribution in [2.75, 3.05) is 33.5 Å². The predicted molar refractivity (Wildman–Crippen MR) is 55.5 cm³/mol. The van der Waals surface area contributed by atoms with Crippen LogP contribution in [-0.2, 0) is 19.1 Å². The van der Waals surface area contributed by atoms with Crippen LogP contribution in [0, 0.1) is 5.92 Å². The quantitative estimate of drug-likeness (QED) is 0.581. The van der Waals surface area contributed by atoms with Crippen molar-refractivity contribution in [3.05, 3.63) is 0 Å². The molecule has 0 rings (SSSR count). The van der Waals surface area contributed by atoms with Crippen LogP contribution >= 0.6 is 0 Å². The van der Waals surface area contributed by atoms with Crippen molar-refractivity contribution in [1.82, 2.24) is 5.32 Å². The van der Waals surface area contributed by atoms with E-state index < -0.39 is 0 Å². The first kappa shape index (κ1) is 14.1. The largest absolute Gasteiger partial charge is 0.382 e. The molecule has 0 unspecified atom stereocenters. The Bertz CT molecular complexity index is 204. The fourth-order valence-electron chi connectivity index (χ4n) is 0.748. The Labute approximate surface area is 90.1 Å². The summed E-state index contributed by atoms with van der Waals surface area (Å²) in [6.45, 7) is 4.46. The first-order chi connectivity index (χ1) is 7.07. The molecule has 0 spiro atoms. The van der Waals surface area contributed by atoms with E-state index >= 15 is 0 Å². The number of ether oxygens (including phenoxy) is 2. The van der Waals surface area contributed by atoms with Crippen molar-refractivity contribution in [2.24, 2.45) is 5.92 Å². The van der Waals surface area contributed by atoms with Crippen molar-refractivity contribution in [3.63, 3.8) is 0 Å². The Kier molecular flexibility index (Phi) is 7.85. The summed E-state index contributed by atoms with van der Waals surface area (Å²) in [5.41, 5.74) is 0. The summed E-state index contributed by atoms with van der Waals surface area (Å²) in [4.78, 5) is 22.3. The van der Waals surface area contributed by atoms with Gasteiger partial charge in [-0.1, -0.05) is 13.8 Å². The number of carbonyl (C=O) groups is 2. The molecule has 0 saturated heterocycles. The van der Waals surface area contributed by atoms with Crippen LogP contribution in [-0.4, -0.2) is 45.2 Å². The van der Waals surface area contributed by atoms with Crippen molar-refractivity contribution in [2.45, 2.75) is 13.8 Å². The Morgan fingerprint density at radius 3 is 2.47 bits per heavy atom. The number of nitrogens with one attached hydrogen (secondary N) is 1. The van der Waals surface area contributed by atoms with E-state index in [1.54, 1.807) is 21.0 Å². The third-order valence-corrected chi connectivity index (χ3v) is 1.77. The smallest absolute Gasteiger partial charge is 0.246 e. The maximum Gasteiger partial charge on any atom is 0.246 e. The number of Topliss-reactive ketones (excluding diaryl/α,β-unsaturated/α-hetero) is 1. The Balaban J connectivity index is 3.45. The van der Waals surface area contributed by atoms with E-state index in [1.807, 2.05) is 0 Å². The van der Waals surface area contributed by atoms with Gasteiger partial charge in [-0.3, -0.25) is 9.59 Å². The van der Waals surface area contributed by atoms with E-state index in [1.165, 1.54) is 0 Å². The number of ketones is 1. The summed E-state index contributed by atoms with van der Waals surface area (Å²) in [6, 6.07) is 0. The number of methoxy groups -OCH3 is 1. The van der Waals surface area contributed by atoms with Gasteiger partial charge in [0.1, 0.15) is 6.61 Å².